The van der Waals surface area contributed by atoms with E-state index in [1.807, 2.05) is 0 Å². The van der Waals surface area contributed by atoms with E-state index in [0.29, 0.717) is 0 Å². The van der Waals surface area contributed by atoms with E-state index in [2.05, 4.69) is 30.1 Å². The lowest BCUT2D eigenvalue weighted by Gasteiger charge is -2.23. The maximum atomic E-state index is 9.02. The minimum atomic E-state index is 0.00294. The van der Waals surface area contributed by atoms with E-state index in [0.717, 1.165) is 19.0 Å². The Morgan fingerprint density at radius 2 is 2.19 bits per heavy atom. The van der Waals surface area contributed by atoms with Crippen molar-refractivity contribution in [2.24, 2.45) is 5.92 Å². The third-order valence-electron chi connectivity index (χ3n) is 3.56. The largest absolute Gasteiger partial charge is 0.301 e. The molecule has 3 nitrogen and oxygen atoms in total. The van der Waals surface area contributed by atoms with Crippen molar-refractivity contribution in [1.29, 1.82) is 5.26 Å². The summed E-state index contributed by atoms with van der Waals surface area (Å²) >= 11 is 0. The molecular formula is C13H25N3. The van der Waals surface area contributed by atoms with E-state index in [9.17, 15) is 0 Å². The van der Waals surface area contributed by atoms with Crippen LogP contribution < -0.4 is 5.32 Å². The standard InChI is InChI=1S/C13H25N3/c1-3-12-6-5-8-16(9-7-12)11-13(10-14)15-4-2/h12-13,15H,3-9,11H2,1-2H3. The summed E-state index contributed by atoms with van der Waals surface area (Å²) in [5, 5.41) is 12.2. The maximum Gasteiger partial charge on any atom is 0.108 e. The number of hydrogen-bond donors (Lipinski definition) is 1. The van der Waals surface area contributed by atoms with Gasteiger partial charge >= 0.3 is 0 Å². The monoisotopic (exact) mass is 223 g/mol. The number of rotatable bonds is 5. The lowest BCUT2D eigenvalue weighted by Crippen LogP contribution is -2.40. The van der Waals surface area contributed by atoms with E-state index in [1.165, 1.54) is 38.8 Å². The van der Waals surface area contributed by atoms with Gasteiger partial charge in [-0.3, -0.25) is 0 Å². The normalized spacial score (nSPS) is 24.7. The zero-order valence-corrected chi connectivity index (χ0v) is 10.7. The topological polar surface area (TPSA) is 39.1 Å². The number of nitrogens with zero attached hydrogens (tertiary/aromatic N) is 2. The molecule has 0 spiro atoms. The molecule has 0 bridgehead atoms. The first-order valence-corrected chi connectivity index (χ1v) is 6.65. The third-order valence-corrected chi connectivity index (χ3v) is 3.56. The molecule has 3 heteroatoms. The van der Waals surface area contributed by atoms with Gasteiger partial charge in [0.2, 0.25) is 0 Å². The first-order chi connectivity index (χ1) is 7.80. The highest BCUT2D eigenvalue weighted by molar-refractivity contribution is 4.92. The zero-order valence-electron chi connectivity index (χ0n) is 10.7. The molecule has 1 saturated heterocycles. The first kappa shape index (κ1) is 13.5. The Bertz CT molecular complexity index is 222. The van der Waals surface area contributed by atoms with Gasteiger partial charge in [-0.1, -0.05) is 20.3 Å². The van der Waals surface area contributed by atoms with Crippen molar-refractivity contribution >= 4 is 0 Å². The molecule has 2 atom stereocenters. The Balaban J connectivity index is 2.34. The van der Waals surface area contributed by atoms with Gasteiger partial charge < -0.3 is 10.2 Å². The summed E-state index contributed by atoms with van der Waals surface area (Å²) in [6, 6.07) is 2.35. The average Bonchev–Trinajstić information content (AvgIpc) is 2.53. The summed E-state index contributed by atoms with van der Waals surface area (Å²) < 4.78 is 0. The van der Waals surface area contributed by atoms with Crippen LogP contribution in [-0.4, -0.2) is 37.1 Å². The minimum absolute atomic E-state index is 0.00294. The highest BCUT2D eigenvalue weighted by atomic mass is 15.1. The van der Waals surface area contributed by atoms with E-state index in [4.69, 9.17) is 5.26 Å². The van der Waals surface area contributed by atoms with Crippen molar-refractivity contribution in [3.63, 3.8) is 0 Å². The Hall–Kier alpha value is -0.590. The second-order valence-electron chi connectivity index (χ2n) is 4.75. The van der Waals surface area contributed by atoms with Gasteiger partial charge in [-0.2, -0.15) is 5.26 Å². The van der Waals surface area contributed by atoms with Crippen LogP contribution in [0.25, 0.3) is 0 Å². The molecule has 1 rings (SSSR count). The molecule has 1 fully saturated rings. The molecule has 1 aliphatic heterocycles. The fraction of sp³-hybridized carbons (Fsp3) is 0.923. The zero-order chi connectivity index (χ0) is 11.8. The highest BCUT2D eigenvalue weighted by Crippen LogP contribution is 2.20. The van der Waals surface area contributed by atoms with Gasteiger partial charge in [0, 0.05) is 6.54 Å². The molecule has 1 heterocycles. The number of likely N-dealkylation sites (tertiary alicyclic amines) is 1. The summed E-state index contributed by atoms with van der Waals surface area (Å²) in [5.41, 5.74) is 0. The summed E-state index contributed by atoms with van der Waals surface area (Å²) in [7, 11) is 0. The molecule has 0 aliphatic carbocycles. The summed E-state index contributed by atoms with van der Waals surface area (Å²) in [5.74, 6) is 0.907. The molecule has 0 aromatic rings. The summed E-state index contributed by atoms with van der Waals surface area (Å²) in [6.45, 7) is 8.45. The van der Waals surface area contributed by atoms with E-state index >= 15 is 0 Å². The van der Waals surface area contributed by atoms with Gasteiger partial charge in [-0.15, -0.1) is 0 Å². The molecule has 2 unspecified atom stereocenters. The number of nitrogens with one attached hydrogen (secondary N) is 1. The third kappa shape index (κ3) is 4.51. The predicted octanol–water partition coefficient (Wildman–Crippen LogP) is 2.00. The van der Waals surface area contributed by atoms with Crippen LogP contribution in [0.4, 0.5) is 0 Å². The molecule has 0 radical (unpaired) electrons. The second-order valence-corrected chi connectivity index (χ2v) is 4.75. The van der Waals surface area contributed by atoms with Crippen molar-refractivity contribution < 1.29 is 0 Å². The van der Waals surface area contributed by atoms with E-state index < -0.39 is 0 Å². The van der Waals surface area contributed by atoms with Gasteiger partial charge in [-0.05, 0) is 44.8 Å². The minimum Gasteiger partial charge on any atom is -0.301 e. The summed E-state index contributed by atoms with van der Waals surface area (Å²) in [6.07, 6.45) is 5.28. The van der Waals surface area contributed by atoms with Crippen LogP contribution in [0.3, 0.4) is 0 Å². The number of nitriles is 1. The van der Waals surface area contributed by atoms with Crippen molar-refractivity contribution in [1.82, 2.24) is 10.2 Å². The molecule has 92 valence electrons. The van der Waals surface area contributed by atoms with Crippen molar-refractivity contribution in [2.45, 2.75) is 45.6 Å². The van der Waals surface area contributed by atoms with Crippen LogP contribution in [0.5, 0.6) is 0 Å². The molecule has 0 saturated carbocycles. The van der Waals surface area contributed by atoms with Crippen LogP contribution >= 0.6 is 0 Å². The fourth-order valence-electron chi connectivity index (χ4n) is 2.47. The molecule has 0 amide bonds. The first-order valence-electron chi connectivity index (χ1n) is 6.65. The molecule has 0 aromatic heterocycles. The molecular weight excluding hydrogens is 198 g/mol. The Morgan fingerprint density at radius 3 is 2.81 bits per heavy atom. The quantitative estimate of drug-likeness (QED) is 0.775. The van der Waals surface area contributed by atoms with E-state index in [1.54, 1.807) is 0 Å². The Morgan fingerprint density at radius 1 is 1.38 bits per heavy atom. The molecule has 0 aromatic carbocycles. The van der Waals surface area contributed by atoms with Gasteiger partial charge in [0.05, 0.1) is 6.07 Å². The van der Waals surface area contributed by atoms with Crippen LogP contribution in [0.15, 0.2) is 0 Å². The lowest BCUT2D eigenvalue weighted by atomic mass is 9.98. The van der Waals surface area contributed by atoms with Gasteiger partial charge in [0.15, 0.2) is 0 Å². The van der Waals surface area contributed by atoms with Gasteiger partial charge in [0.25, 0.3) is 0 Å². The average molecular weight is 223 g/mol. The van der Waals surface area contributed by atoms with Crippen LogP contribution in [0.1, 0.15) is 39.5 Å². The van der Waals surface area contributed by atoms with Crippen molar-refractivity contribution in [2.75, 3.05) is 26.2 Å². The highest BCUT2D eigenvalue weighted by Gasteiger charge is 2.18. The SMILES string of the molecule is CCNC(C#N)CN1CCCC(CC)CC1. The fourth-order valence-corrected chi connectivity index (χ4v) is 2.47. The smallest absolute Gasteiger partial charge is 0.108 e. The summed E-state index contributed by atoms with van der Waals surface area (Å²) in [4.78, 5) is 2.45. The van der Waals surface area contributed by atoms with Crippen molar-refractivity contribution in [3.05, 3.63) is 0 Å². The van der Waals surface area contributed by atoms with E-state index in [-0.39, 0.29) is 6.04 Å². The van der Waals surface area contributed by atoms with Crippen LogP contribution in [-0.2, 0) is 0 Å². The maximum absolute atomic E-state index is 9.02. The van der Waals surface area contributed by atoms with Crippen molar-refractivity contribution in [3.8, 4) is 6.07 Å². The number of hydrogen-bond acceptors (Lipinski definition) is 3. The van der Waals surface area contributed by atoms with Gasteiger partial charge in [0.1, 0.15) is 6.04 Å². The lowest BCUT2D eigenvalue weighted by molar-refractivity contribution is 0.264. The van der Waals surface area contributed by atoms with Crippen LogP contribution in [0.2, 0.25) is 0 Å². The van der Waals surface area contributed by atoms with Crippen LogP contribution in [0, 0.1) is 17.2 Å². The molecule has 1 N–H and O–H groups in total. The Labute approximate surface area is 99.8 Å². The second kappa shape index (κ2) is 7.65. The van der Waals surface area contributed by atoms with Gasteiger partial charge in [-0.25, -0.2) is 0 Å². The number of likely N-dealkylation sites (N-methyl/N-ethyl adjacent to an activating group) is 1. The molecule has 1 aliphatic rings. The predicted molar refractivity (Wildman–Crippen MR) is 67.1 cm³/mol. The molecule has 16 heavy (non-hydrogen) atoms. The Kier molecular flexibility index (Phi) is 6.44.